The molecule has 0 atom stereocenters. The molecule has 0 aliphatic heterocycles. The minimum atomic E-state index is 0.667. The number of hydrogen-bond donors (Lipinski definition) is 2. The molecule has 0 aliphatic rings. The first-order chi connectivity index (χ1) is 15.1. The fourth-order valence-electron chi connectivity index (χ4n) is 3.93. The highest BCUT2D eigenvalue weighted by Crippen LogP contribution is 2.32. The lowest BCUT2D eigenvalue weighted by atomic mass is 10.1. The summed E-state index contributed by atoms with van der Waals surface area (Å²) in [5.41, 5.74) is 6.40. The highest BCUT2D eigenvalue weighted by atomic mass is 15.2. The second kappa shape index (κ2) is 6.36. The van der Waals surface area contributed by atoms with Crippen molar-refractivity contribution in [1.29, 1.82) is 0 Å². The standard InChI is InChI=1S/C22H19N9/c1-12-10-31(11-26-12)22-15-7-18(27-17(15)4-5-23-22)20-16-6-14(8-25-21(16)29-28-20)19-9-24-13(2)30(19)3/h4-11,27H,1-3H3,(H,25,28,29). The summed E-state index contributed by atoms with van der Waals surface area (Å²) in [7, 11) is 2.00. The van der Waals surface area contributed by atoms with E-state index in [1.165, 1.54) is 0 Å². The SMILES string of the molecule is Cc1cn(-c2nccc3[nH]c(-c4[nH]nc5ncc(-c6cnc(C)n6C)cc45)cc23)cn1. The van der Waals surface area contributed by atoms with Crippen LogP contribution in [-0.4, -0.2) is 44.3 Å². The third-order valence-electron chi connectivity index (χ3n) is 5.68. The zero-order chi connectivity index (χ0) is 21.1. The summed E-state index contributed by atoms with van der Waals surface area (Å²) in [5, 5.41) is 9.49. The molecule has 0 saturated carbocycles. The van der Waals surface area contributed by atoms with Gasteiger partial charge in [0, 0.05) is 42.0 Å². The van der Waals surface area contributed by atoms with Crippen LogP contribution in [-0.2, 0) is 7.05 Å². The molecule has 6 aromatic heterocycles. The Morgan fingerprint density at radius 2 is 1.87 bits per heavy atom. The van der Waals surface area contributed by atoms with Gasteiger partial charge < -0.3 is 9.55 Å². The van der Waals surface area contributed by atoms with Gasteiger partial charge in [0.15, 0.2) is 5.65 Å². The molecule has 6 heterocycles. The number of nitrogens with one attached hydrogen (secondary N) is 2. The number of hydrogen-bond acceptors (Lipinski definition) is 5. The second-order valence-corrected chi connectivity index (χ2v) is 7.64. The van der Waals surface area contributed by atoms with Crippen LogP contribution in [0.15, 0.2) is 49.3 Å². The van der Waals surface area contributed by atoms with Gasteiger partial charge in [0.05, 0.1) is 34.5 Å². The van der Waals surface area contributed by atoms with Gasteiger partial charge >= 0.3 is 0 Å². The van der Waals surface area contributed by atoms with E-state index in [2.05, 4.69) is 51.8 Å². The van der Waals surface area contributed by atoms with Crippen molar-refractivity contribution in [2.45, 2.75) is 13.8 Å². The highest BCUT2D eigenvalue weighted by molar-refractivity contribution is 5.97. The van der Waals surface area contributed by atoms with Crippen molar-refractivity contribution >= 4 is 21.9 Å². The normalized spacial score (nSPS) is 11.7. The monoisotopic (exact) mass is 409 g/mol. The van der Waals surface area contributed by atoms with Crippen LogP contribution in [0.2, 0.25) is 0 Å². The van der Waals surface area contributed by atoms with Crippen molar-refractivity contribution < 1.29 is 0 Å². The van der Waals surface area contributed by atoms with E-state index in [1.807, 2.05) is 50.1 Å². The summed E-state index contributed by atoms with van der Waals surface area (Å²) in [4.78, 5) is 21.3. The van der Waals surface area contributed by atoms with Gasteiger partial charge in [-0.3, -0.25) is 9.67 Å². The Bertz CT molecular complexity index is 1580. The number of nitrogens with zero attached hydrogens (tertiary/aromatic N) is 7. The molecule has 9 heteroatoms. The van der Waals surface area contributed by atoms with Crippen molar-refractivity contribution in [2.75, 3.05) is 0 Å². The maximum Gasteiger partial charge on any atom is 0.181 e. The van der Waals surface area contributed by atoms with E-state index in [-0.39, 0.29) is 0 Å². The van der Waals surface area contributed by atoms with Gasteiger partial charge in [0.2, 0.25) is 0 Å². The topological polar surface area (TPSA) is 106 Å². The van der Waals surface area contributed by atoms with Crippen molar-refractivity contribution in [3.05, 3.63) is 60.8 Å². The molecular weight excluding hydrogens is 390 g/mol. The first-order valence-corrected chi connectivity index (χ1v) is 9.90. The van der Waals surface area contributed by atoms with Gasteiger partial charge in [-0.15, -0.1) is 0 Å². The Labute approximate surface area is 176 Å². The molecule has 152 valence electrons. The Hall–Kier alpha value is -4.27. The molecule has 2 N–H and O–H groups in total. The first kappa shape index (κ1) is 17.6. The molecule has 0 aromatic carbocycles. The van der Waals surface area contributed by atoms with E-state index in [9.17, 15) is 0 Å². The largest absolute Gasteiger partial charge is 0.353 e. The van der Waals surface area contributed by atoms with Crippen molar-refractivity contribution in [2.24, 2.45) is 7.05 Å². The molecule has 0 bridgehead atoms. The van der Waals surface area contributed by atoms with Gasteiger partial charge in [-0.05, 0) is 32.0 Å². The molecule has 0 fully saturated rings. The summed E-state index contributed by atoms with van der Waals surface area (Å²) < 4.78 is 3.99. The fourth-order valence-corrected chi connectivity index (χ4v) is 3.93. The Balaban J connectivity index is 1.52. The number of fused-ring (bicyclic) bond motifs is 2. The summed E-state index contributed by atoms with van der Waals surface area (Å²) >= 11 is 0. The van der Waals surface area contributed by atoms with Crippen LogP contribution in [0.5, 0.6) is 0 Å². The van der Waals surface area contributed by atoms with E-state index in [1.54, 1.807) is 12.5 Å². The average Bonchev–Trinajstić information content (AvgIpc) is 3.54. The third kappa shape index (κ3) is 2.67. The van der Waals surface area contributed by atoms with Gasteiger partial charge in [-0.1, -0.05) is 0 Å². The summed E-state index contributed by atoms with van der Waals surface area (Å²) in [5.74, 6) is 1.78. The van der Waals surface area contributed by atoms with Crippen LogP contribution in [0.3, 0.4) is 0 Å². The van der Waals surface area contributed by atoms with Gasteiger partial charge in [-0.25, -0.2) is 19.9 Å². The van der Waals surface area contributed by atoms with Gasteiger partial charge in [0.25, 0.3) is 0 Å². The lowest BCUT2D eigenvalue weighted by molar-refractivity contribution is 0.865. The number of rotatable bonds is 3. The Kier molecular flexibility index (Phi) is 3.61. The van der Waals surface area contributed by atoms with E-state index >= 15 is 0 Å². The van der Waals surface area contributed by atoms with Crippen LogP contribution in [0.25, 0.3) is 50.4 Å². The van der Waals surface area contributed by atoms with Crippen molar-refractivity contribution in [3.63, 3.8) is 0 Å². The molecule has 0 unspecified atom stereocenters. The predicted molar refractivity (Wildman–Crippen MR) is 118 cm³/mol. The zero-order valence-corrected chi connectivity index (χ0v) is 17.2. The van der Waals surface area contributed by atoms with E-state index in [4.69, 9.17) is 0 Å². The second-order valence-electron chi connectivity index (χ2n) is 7.64. The van der Waals surface area contributed by atoms with E-state index in [0.717, 1.165) is 56.3 Å². The molecule has 6 rings (SSSR count). The number of H-pyrrole nitrogens is 2. The molecule has 0 amide bonds. The molecule has 0 spiro atoms. The first-order valence-electron chi connectivity index (χ1n) is 9.90. The van der Waals surface area contributed by atoms with E-state index < -0.39 is 0 Å². The molecule has 6 aromatic rings. The minimum Gasteiger partial charge on any atom is -0.353 e. The fraction of sp³-hybridized carbons (Fsp3) is 0.136. The predicted octanol–water partition coefficient (Wildman–Crippen LogP) is 3.70. The average molecular weight is 409 g/mol. The van der Waals surface area contributed by atoms with Crippen molar-refractivity contribution in [3.8, 4) is 28.5 Å². The maximum absolute atomic E-state index is 4.57. The van der Waals surface area contributed by atoms with Crippen LogP contribution in [0.4, 0.5) is 0 Å². The highest BCUT2D eigenvalue weighted by Gasteiger charge is 2.16. The molecular formula is C22H19N9. The molecule has 0 aliphatic carbocycles. The number of aromatic nitrogens is 9. The van der Waals surface area contributed by atoms with E-state index in [0.29, 0.717) is 5.65 Å². The van der Waals surface area contributed by atoms with Crippen LogP contribution in [0.1, 0.15) is 11.5 Å². The van der Waals surface area contributed by atoms with Crippen LogP contribution < -0.4 is 0 Å². The summed E-state index contributed by atoms with van der Waals surface area (Å²) in [6.07, 6.45) is 9.24. The molecule has 0 saturated heterocycles. The van der Waals surface area contributed by atoms with Gasteiger partial charge in [0.1, 0.15) is 18.0 Å². The van der Waals surface area contributed by atoms with Gasteiger partial charge in [-0.2, -0.15) is 5.10 Å². The van der Waals surface area contributed by atoms with Crippen LogP contribution >= 0.6 is 0 Å². The van der Waals surface area contributed by atoms with Crippen LogP contribution in [0, 0.1) is 13.8 Å². The number of aryl methyl sites for hydroxylation is 2. The maximum atomic E-state index is 4.57. The third-order valence-corrected chi connectivity index (χ3v) is 5.68. The Morgan fingerprint density at radius 1 is 0.968 bits per heavy atom. The zero-order valence-electron chi connectivity index (χ0n) is 17.2. The quantitative estimate of drug-likeness (QED) is 0.464. The van der Waals surface area contributed by atoms with Crippen molar-refractivity contribution in [1.82, 2.24) is 44.3 Å². The number of pyridine rings is 2. The summed E-state index contributed by atoms with van der Waals surface area (Å²) in [6.45, 7) is 3.95. The smallest absolute Gasteiger partial charge is 0.181 e. The molecule has 0 radical (unpaired) electrons. The lowest BCUT2D eigenvalue weighted by Gasteiger charge is -2.04. The number of aromatic amines is 2. The minimum absolute atomic E-state index is 0.667. The lowest BCUT2D eigenvalue weighted by Crippen LogP contribution is -1.94. The summed E-state index contributed by atoms with van der Waals surface area (Å²) in [6, 6.07) is 6.15. The Morgan fingerprint density at radius 3 is 2.65 bits per heavy atom. The molecule has 31 heavy (non-hydrogen) atoms. The number of imidazole rings is 2. The molecule has 9 nitrogen and oxygen atoms in total.